The summed E-state index contributed by atoms with van der Waals surface area (Å²) in [6, 6.07) is 14.3. The second kappa shape index (κ2) is 7.46. The molecule has 0 atom stereocenters. The van der Waals surface area contributed by atoms with E-state index in [1.165, 1.54) is 24.5 Å². The Morgan fingerprint density at radius 2 is 2.00 bits per heavy atom. The molecule has 0 aliphatic heterocycles. The minimum absolute atomic E-state index is 0.266. The highest BCUT2D eigenvalue weighted by Crippen LogP contribution is 2.35. The van der Waals surface area contributed by atoms with Gasteiger partial charge in [-0.2, -0.15) is 5.10 Å². The molecule has 1 heterocycles. The molecule has 0 saturated carbocycles. The molecule has 1 N–H and O–H groups in total. The first-order valence-corrected chi connectivity index (χ1v) is 8.53. The van der Waals surface area contributed by atoms with Crippen LogP contribution in [0.15, 0.2) is 53.6 Å². The van der Waals surface area contributed by atoms with Crippen molar-refractivity contribution in [1.82, 2.24) is 5.43 Å². The standard InChI is InChI=1S/C18H13ClN2O3S/c1-11(22)21-20-10-12-5-4-6-13(9-12)24-18(23)17-16(19)14-7-2-3-8-15(14)25-17/h2-10H,1H3,(H,21,22)/b20-10-. The number of hydrazone groups is 1. The van der Waals surface area contributed by atoms with E-state index < -0.39 is 5.97 Å². The summed E-state index contributed by atoms with van der Waals surface area (Å²) in [4.78, 5) is 23.6. The van der Waals surface area contributed by atoms with E-state index >= 15 is 0 Å². The van der Waals surface area contributed by atoms with Gasteiger partial charge < -0.3 is 4.74 Å². The summed E-state index contributed by atoms with van der Waals surface area (Å²) in [5, 5.41) is 5.01. The van der Waals surface area contributed by atoms with Crippen LogP contribution in [0.25, 0.3) is 10.1 Å². The lowest BCUT2D eigenvalue weighted by Crippen LogP contribution is -2.12. The first-order valence-electron chi connectivity index (χ1n) is 7.33. The van der Waals surface area contributed by atoms with Gasteiger partial charge >= 0.3 is 5.97 Å². The summed E-state index contributed by atoms with van der Waals surface area (Å²) < 4.78 is 6.34. The monoisotopic (exact) mass is 372 g/mol. The minimum atomic E-state index is -0.512. The molecule has 0 aliphatic carbocycles. The van der Waals surface area contributed by atoms with E-state index in [1.54, 1.807) is 24.3 Å². The number of thiophene rings is 1. The number of rotatable bonds is 4. The van der Waals surface area contributed by atoms with Crippen molar-refractivity contribution in [3.05, 3.63) is 64.0 Å². The first-order chi connectivity index (χ1) is 12.0. The van der Waals surface area contributed by atoms with Crippen molar-refractivity contribution in [2.75, 3.05) is 0 Å². The van der Waals surface area contributed by atoms with E-state index in [0.29, 0.717) is 21.2 Å². The second-order valence-electron chi connectivity index (χ2n) is 5.13. The molecule has 5 nitrogen and oxygen atoms in total. The molecule has 0 saturated heterocycles. The van der Waals surface area contributed by atoms with Gasteiger partial charge in [0, 0.05) is 17.0 Å². The predicted octanol–water partition coefficient (Wildman–Crippen LogP) is 4.24. The van der Waals surface area contributed by atoms with Crippen LogP contribution in [-0.4, -0.2) is 18.1 Å². The molecule has 25 heavy (non-hydrogen) atoms. The Bertz CT molecular complexity index is 981. The van der Waals surface area contributed by atoms with Crippen LogP contribution in [-0.2, 0) is 4.79 Å². The molecule has 1 aromatic heterocycles. The number of hydrogen-bond donors (Lipinski definition) is 1. The summed E-state index contributed by atoms with van der Waals surface area (Å²) in [6.45, 7) is 1.37. The highest BCUT2D eigenvalue weighted by molar-refractivity contribution is 7.21. The maximum atomic E-state index is 12.4. The van der Waals surface area contributed by atoms with Gasteiger partial charge in [-0.15, -0.1) is 11.3 Å². The minimum Gasteiger partial charge on any atom is -0.422 e. The van der Waals surface area contributed by atoms with Crippen LogP contribution in [0.2, 0.25) is 5.02 Å². The summed E-state index contributed by atoms with van der Waals surface area (Å²) >= 11 is 7.59. The van der Waals surface area contributed by atoms with Crippen molar-refractivity contribution < 1.29 is 14.3 Å². The molecule has 2 aromatic carbocycles. The fourth-order valence-corrected chi connectivity index (χ4v) is 3.54. The van der Waals surface area contributed by atoms with Crippen LogP contribution >= 0.6 is 22.9 Å². The van der Waals surface area contributed by atoms with Crippen LogP contribution in [0.3, 0.4) is 0 Å². The Morgan fingerprint density at radius 3 is 2.76 bits per heavy atom. The maximum Gasteiger partial charge on any atom is 0.355 e. The lowest BCUT2D eigenvalue weighted by Gasteiger charge is -2.04. The van der Waals surface area contributed by atoms with Gasteiger partial charge in [0.05, 0.1) is 11.2 Å². The summed E-state index contributed by atoms with van der Waals surface area (Å²) in [5.74, 6) is -0.411. The number of carbonyl (C=O) groups is 2. The molecule has 0 aliphatic rings. The van der Waals surface area contributed by atoms with E-state index in [9.17, 15) is 9.59 Å². The smallest absolute Gasteiger partial charge is 0.355 e. The Balaban J connectivity index is 1.79. The van der Waals surface area contributed by atoms with Gasteiger partial charge in [-0.1, -0.05) is 41.9 Å². The predicted molar refractivity (Wildman–Crippen MR) is 99.6 cm³/mol. The zero-order valence-corrected chi connectivity index (χ0v) is 14.7. The third-order valence-corrected chi connectivity index (χ3v) is 4.88. The number of hydrogen-bond acceptors (Lipinski definition) is 5. The van der Waals surface area contributed by atoms with Gasteiger partial charge in [0.25, 0.3) is 0 Å². The molecule has 7 heteroatoms. The molecule has 3 rings (SSSR count). The number of nitrogens with zero attached hydrogens (tertiary/aromatic N) is 1. The van der Waals surface area contributed by atoms with Crippen LogP contribution < -0.4 is 10.2 Å². The van der Waals surface area contributed by atoms with E-state index in [4.69, 9.17) is 16.3 Å². The zero-order chi connectivity index (χ0) is 17.8. The Hall–Kier alpha value is -2.70. The molecule has 0 radical (unpaired) electrons. The molecule has 0 fully saturated rings. The van der Waals surface area contributed by atoms with Crippen molar-refractivity contribution >= 4 is 51.1 Å². The number of fused-ring (bicyclic) bond motifs is 1. The molecule has 0 bridgehead atoms. The lowest BCUT2D eigenvalue weighted by molar-refractivity contribution is -0.118. The zero-order valence-electron chi connectivity index (χ0n) is 13.2. The summed E-state index contributed by atoms with van der Waals surface area (Å²) in [7, 11) is 0. The van der Waals surface area contributed by atoms with E-state index in [-0.39, 0.29) is 5.91 Å². The number of amides is 1. The number of halogens is 1. The Morgan fingerprint density at radius 1 is 1.20 bits per heavy atom. The largest absolute Gasteiger partial charge is 0.422 e. The fraction of sp³-hybridized carbons (Fsp3) is 0.0556. The average molecular weight is 373 g/mol. The third kappa shape index (κ3) is 4.04. The van der Waals surface area contributed by atoms with Crippen molar-refractivity contribution in [2.45, 2.75) is 6.92 Å². The molecular weight excluding hydrogens is 360 g/mol. The van der Waals surface area contributed by atoms with Crippen molar-refractivity contribution in [3.63, 3.8) is 0 Å². The summed E-state index contributed by atoms with van der Waals surface area (Å²) in [5.41, 5.74) is 2.99. The Kier molecular flexibility index (Phi) is 5.11. The molecular formula is C18H13ClN2O3S. The van der Waals surface area contributed by atoms with Crippen molar-refractivity contribution in [3.8, 4) is 5.75 Å². The van der Waals surface area contributed by atoms with Crippen LogP contribution in [0.4, 0.5) is 0 Å². The quantitative estimate of drug-likeness (QED) is 0.322. The lowest BCUT2D eigenvalue weighted by atomic mass is 10.2. The highest BCUT2D eigenvalue weighted by atomic mass is 35.5. The second-order valence-corrected chi connectivity index (χ2v) is 6.56. The SMILES string of the molecule is CC(=O)N/N=C\c1cccc(OC(=O)c2sc3ccccc3c2Cl)c1. The van der Waals surface area contributed by atoms with Gasteiger partial charge in [-0.05, 0) is 23.8 Å². The van der Waals surface area contributed by atoms with Crippen molar-refractivity contribution in [1.29, 1.82) is 0 Å². The van der Waals surface area contributed by atoms with Crippen LogP contribution in [0.5, 0.6) is 5.75 Å². The number of carbonyl (C=O) groups excluding carboxylic acids is 2. The number of esters is 1. The van der Waals surface area contributed by atoms with E-state index in [1.807, 2.05) is 24.3 Å². The molecule has 1 amide bonds. The summed E-state index contributed by atoms with van der Waals surface area (Å²) in [6.07, 6.45) is 1.46. The molecule has 0 spiro atoms. The number of nitrogens with one attached hydrogen (secondary N) is 1. The van der Waals surface area contributed by atoms with Gasteiger partial charge in [0.2, 0.25) is 5.91 Å². The third-order valence-electron chi connectivity index (χ3n) is 3.22. The van der Waals surface area contributed by atoms with Gasteiger partial charge in [-0.25, -0.2) is 10.2 Å². The first kappa shape index (κ1) is 17.1. The van der Waals surface area contributed by atoms with Crippen LogP contribution in [0, 0.1) is 0 Å². The van der Waals surface area contributed by atoms with Gasteiger partial charge in [0.1, 0.15) is 10.6 Å². The fourth-order valence-electron chi connectivity index (χ4n) is 2.15. The highest BCUT2D eigenvalue weighted by Gasteiger charge is 2.18. The van der Waals surface area contributed by atoms with Gasteiger partial charge in [-0.3, -0.25) is 4.79 Å². The van der Waals surface area contributed by atoms with E-state index in [2.05, 4.69) is 10.5 Å². The molecule has 126 valence electrons. The van der Waals surface area contributed by atoms with Gasteiger partial charge in [0.15, 0.2) is 0 Å². The normalized spacial score (nSPS) is 11.0. The van der Waals surface area contributed by atoms with E-state index in [0.717, 1.165) is 10.1 Å². The van der Waals surface area contributed by atoms with Crippen LogP contribution in [0.1, 0.15) is 22.2 Å². The number of benzene rings is 2. The molecule has 0 unspecified atom stereocenters. The Labute approximate surface area is 152 Å². The maximum absolute atomic E-state index is 12.4. The average Bonchev–Trinajstić information content (AvgIpc) is 2.92. The molecule has 3 aromatic rings. The topological polar surface area (TPSA) is 67.8 Å². The number of ether oxygens (including phenoxy) is 1. The van der Waals surface area contributed by atoms with Crippen molar-refractivity contribution in [2.24, 2.45) is 5.10 Å².